The summed E-state index contributed by atoms with van der Waals surface area (Å²) >= 11 is 5.81. The lowest BCUT2D eigenvalue weighted by atomic mass is 10.0. The fourth-order valence-electron chi connectivity index (χ4n) is 2.56. The maximum absolute atomic E-state index is 12.0. The molecule has 1 heterocycles. The van der Waals surface area contributed by atoms with Gasteiger partial charge in [-0.25, -0.2) is 0 Å². The molecule has 1 aromatic carbocycles. The van der Waals surface area contributed by atoms with Crippen molar-refractivity contribution in [1.29, 1.82) is 0 Å². The number of halogens is 1. The van der Waals surface area contributed by atoms with Crippen LogP contribution >= 0.6 is 11.6 Å². The van der Waals surface area contributed by atoms with Crippen molar-refractivity contribution in [2.24, 2.45) is 0 Å². The van der Waals surface area contributed by atoms with E-state index in [-0.39, 0.29) is 17.9 Å². The number of piperidine rings is 1. The van der Waals surface area contributed by atoms with E-state index in [2.05, 4.69) is 5.32 Å². The second-order valence-electron chi connectivity index (χ2n) is 5.45. The first-order valence-electron chi connectivity index (χ1n) is 7.32. The van der Waals surface area contributed by atoms with E-state index in [9.17, 15) is 9.59 Å². The van der Waals surface area contributed by atoms with Gasteiger partial charge < -0.3 is 10.2 Å². The van der Waals surface area contributed by atoms with Gasteiger partial charge in [0.2, 0.25) is 11.8 Å². The Bertz CT molecular complexity index is 482. The number of benzene rings is 1. The first-order valence-corrected chi connectivity index (χ1v) is 7.76. The van der Waals surface area contributed by atoms with Gasteiger partial charge in [0, 0.05) is 19.1 Å². The third kappa shape index (κ3) is 4.74. The molecule has 2 amide bonds. The Hall–Kier alpha value is -1.55. The topological polar surface area (TPSA) is 49.4 Å². The standard InChI is InChI=1S/C16H21ClN2O2/c1-12(17)16(21)19-9-7-14(8-10-19)18-15(20)11-13-5-3-2-4-6-13/h2-6,12,14H,7-11H2,1H3,(H,18,20). The summed E-state index contributed by atoms with van der Waals surface area (Å²) in [5.41, 5.74) is 1.01. The van der Waals surface area contributed by atoms with Gasteiger partial charge in [-0.1, -0.05) is 30.3 Å². The lowest BCUT2D eigenvalue weighted by Gasteiger charge is -2.33. The van der Waals surface area contributed by atoms with Crippen molar-refractivity contribution in [2.75, 3.05) is 13.1 Å². The van der Waals surface area contributed by atoms with Gasteiger partial charge in [-0.2, -0.15) is 0 Å². The summed E-state index contributed by atoms with van der Waals surface area (Å²) in [5.74, 6) is 0.0161. The Morgan fingerprint density at radius 1 is 1.29 bits per heavy atom. The van der Waals surface area contributed by atoms with E-state index in [0.717, 1.165) is 18.4 Å². The second kappa shape index (κ2) is 7.46. The van der Waals surface area contributed by atoms with E-state index in [4.69, 9.17) is 11.6 Å². The first kappa shape index (κ1) is 15.8. The van der Waals surface area contributed by atoms with Gasteiger partial charge in [0.1, 0.15) is 5.38 Å². The van der Waals surface area contributed by atoms with Crippen LogP contribution in [0.5, 0.6) is 0 Å². The summed E-state index contributed by atoms with van der Waals surface area (Å²) < 4.78 is 0. The van der Waals surface area contributed by atoms with Crippen LogP contribution in [-0.4, -0.2) is 41.2 Å². The lowest BCUT2D eigenvalue weighted by Crippen LogP contribution is -2.48. The first-order chi connectivity index (χ1) is 10.1. The number of likely N-dealkylation sites (tertiary alicyclic amines) is 1. The molecule has 1 aliphatic heterocycles. The molecule has 0 aromatic heterocycles. The highest BCUT2D eigenvalue weighted by molar-refractivity contribution is 6.30. The summed E-state index contributed by atoms with van der Waals surface area (Å²) in [5, 5.41) is 2.57. The van der Waals surface area contributed by atoms with Crippen LogP contribution in [0.3, 0.4) is 0 Å². The molecular weight excluding hydrogens is 288 g/mol. The SMILES string of the molecule is CC(Cl)C(=O)N1CCC(NC(=O)Cc2ccccc2)CC1. The van der Waals surface area contributed by atoms with E-state index < -0.39 is 5.38 Å². The number of carbonyl (C=O) groups excluding carboxylic acids is 2. The van der Waals surface area contributed by atoms with Gasteiger partial charge >= 0.3 is 0 Å². The molecule has 4 nitrogen and oxygen atoms in total. The molecular formula is C16H21ClN2O2. The Balaban J connectivity index is 1.76. The molecule has 0 radical (unpaired) electrons. The molecule has 5 heteroatoms. The maximum Gasteiger partial charge on any atom is 0.240 e. The van der Waals surface area contributed by atoms with E-state index in [1.807, 2.05) is 30.3 Å². The summed E-state index contributed by atoms with van der Waals surface area (Å²) in [6, 6.07) is 9.84. The van der Waals surface area contributed by atoms with Crippen LogP contribution in [0.1, 0.15) is 25.3 Å². The van der Waals surface area contributed by atoms with Crippen LogP contribution in [0, 0.1) is 0 Å². The normalized spacial score (nSPS) is 17.3. The van der Waals surface area contributed by atoms with Gasteiger partial charge in [-0.3, -0.25) is 9.59 Å². The zero-order valence-corrected chi connectivity index (χ0v) is 13.0. The molecule has 1 atom stereocenters. The Kier molecular flexibility index (Phi) is 5.62. The van der Waals surface area contributed by atoms with Crippen LogP contribution in [0.15, 0.2) is 30.3 Å². The van der Waals surface area contributed by atoms with Crippen molar-refractivity contribution in [3.05, 3.63) is 35.9 Å². The maximum atomic E-state index is 12.0. The molecule has 1 aliphatic rings. The number of hydrogen-bond acceptors (Lipinski definition) is 2. The summed E-state index contributed by atoms with van der Waals surface area (Å²) in [6.07, 6.45) is 1.98. The highest BCUT2D eigenvalue weighted by atomic mass is 35.5. The van der Waals surface area contributed by atoms with Gasteiger partial charge in [0.25, 0.3) is 0 Å². The fraction of sp³-hybridized carbons (Fsp3) is 0.500. The molecule has 1 saturated heterocycles. The highest BCUT2D eigenvalue weighted by Gasteiger charge is 2.25. The molecule has 21 heavy (non-hydrogen) atoms. The zero-order valence-electron chi connectivity index (χ0n) is 12.2. The molecule has 0 bridgehead atoms. The Morgan fingerprint density at radius 3 is 2.48 bits per heavy atom. The van der Waals surface area contributed by atoms with E-state index in [1.165, 1.54) is 0 Å². The monoisotopic (exact) mass is 308 g/mol. The molecule has 1 N–H and O–H groups in total. The van der Waals surface area contributed by atoms with E-state index in [0.29, 0.717) is 19.5 Å². The average Bonchev–Trinajstić information content (AvgIpc) is 2.48. The van der Waals surface area contributed by atoms with Crippen molar-refractivity contribution in [3.8, 4) is 0 Å². The van der Waals surface area contributed by atoms with Crippen molar-refractivity contribution >= 4 is 23.4 Å². The van der Waals surface area contributed by atoms with Crippen molar-refractivity contribution < 1.29 is 9.59 Å². The summed E-state index contributed by atoms with van der Waals surface area (Å²) in [4.78, 5) is 25.5. The van der Waals surface area contributed by atoms with Crippen molar-refractivity contribution in [2.45, 2.75) is 37.6 Å². The van der Waals surface area contributed by atoms with Gasteiger partial charge in [0.05, 0.1) is 6.42 Å². The number of alkyl halides is 1. The minimum atomic E-state index is -0.478. The summed E-state index contributed by atoms with van der Waals surface area (Å²) in [6.45, 7) is 3.01. The molecule has 0 spiro atoms. The second-order valence-corrected chi connectivity index (χ2v) is 6.10. The van der Waals surface area contributed by atoms with E-state index >= 15 is 0 Å². The number of rotatable bonds is 4. The minimum absolute atomic E-state index is 0.0225. The molecule has 0 saturated carbocycles. The zero-order chi connectivity index (χ0) is 15.2. The number of nitrogens with one attached hydrogen (secondary N) is 1. The van der Waals surface area contributed by atoms with Gasteiger partial charge in [-0.15, -0.1) is 11.6 Å². The number of nitrogens with zero attached hydrogens (tertiary/aromatic N) is 1. The van der Waals surface area contributed by atoms with Crippen molar-refractivity contribution in [3.63, 3.8) is 0 Å². The largest absolute Gasteiger partial charge is 0.353 e. The highest BCUT2D eigenvalue weighted by Crippen LogP contribution is 2.13. The van der Waals surface area contributed by atoms with Crippen LogP contribution in [0.4, 0.5) is 0 Å². The lowest BCUT2D eigenvalue weighted by molar-refractivity contribution is -0.131. The van der Waals surface area contributed by atoms with Crippen LogP contribution in [0.2, 0.25) is 0 Å². The van der Waals surface area contributed by atoms with E-state index in [1.54, 1.807) is 11.8 Å². The molecule has 2 rings (SSSR count). The van der Waals surface area contributed by atoms with Gasteiger partial charge in [-0.05, 0) is 25.3 Å². The average molecular weight is 309 g/mol. The van der Waals surface area contributed by atoms with Crippen LogP contribution in [-0.2, 0) is 16.0 Å². The predicted octanol–water partition coefficient (Wildman–Crippen LogP) is 1.96. The molecule has 1 fully saturated rings. The quantitative estimate of drug-likeness (QED) is 0.865. The van der Waals surface area contributed by atoms with Crippen LogP contribution in [0.25, 0.3) is 0 Å². The molecule has 1 aromatic rings. The summed E-state index contributed by atoms with van der Waals surface area (Å²) in [7, 11) is 0. The number of amides is 2. The number of hydrogen-bond donors (Lipinski definition) is 1. The van der Waals surface area contributed by atoms with Crippen LogP contribution < -0.4 is 5.32 Å². The smallest absolute Gasteiger partial charge is 0.240 e. The Morgan fingerprint density at radius 2 is 1.90 bits per heavy atom. The molecule has 0 aliphatic carbocycles. The van der Waals surface area contributed by atoms with Gasteiger partial charge in [0.15, 0.2) is 0 Å². The molecule has 1 unspecified atom stereocenters. The number of carbonyl (C=O) groups is 2. The fourth-order valence-corrected chi connectivity index (χ4v) is 2.69. The third-order valence-electron chi connectivity index (χ3n) is 3.72. The Labute approximate surface area is 130 Å². The third-order valence-corrected chi connectivity index (χ3v) is 3.91. The van der Waals surface area contributed by atoms with Crippen molar-refractivity contribution in [1.82, 2.24) is 10.2 Å². The minimum Gasteiger partial charge on any atom is -0.353 e. The molecule has 114 valence electrons. The predicted molar refractivity (Wildman–Crippen MR) is 83.2 cm³/mol.